The summed E-state index contributed by atoms with van der Waals surface area (Å²) in [7, 11) is 0. The molecule has 0 heterocycles. The van der Waals surface area contributed by atoms with E-state index in [0.29, 0.717) is 10.6 Å². The first-order chi connectivity index (χ1) is 8.49. The molecular weight excluding hydrogens is 252 g/mol. The SMILES string of the molecule is Cc1ccc(-c2ccc(C(=O)O)cc2O)cc1Cl. The Morgan fingerprint density at radius 2 is 1.89 bits per heavy atom. The van der Waals surface area contributed by atoms with Gasteiger partial charge in [-0.2, -0.15) is 0 Å². The van der Waals surface area contributed by atoms with Gasteiger partial charge in [-0.3, -0.25) is 0 Å². The Kier molecular flexibility index (Phi) is 3.26. The van der Waals surface area contributed by atoms with E-state index in [1.54, 1.807) is 12.1 Å². The summed E-state index contributed by atoms with van der Waals surface area (Å²) in [5, 5.41) is 19.3. The van der Waals surface area contributed by atoms with Gasteiger partial charge in [0.15, 0.2) is 0 Å². The standard InChI is InChI=1S/C14H11ClO3/c1-8-2-3-9(6-12(8)15)11-5-4-10(14(17)18)7-13(11)16/h2-7,16H,1H3,(H,17,18). The van der Waals surface area contributed by atoms with Gasteiger partial charge in [-0.15, -0.1) is 0 Å². The minimum Gasteiger partial charge on any atom is -0.507 e. The molecule has 2 rings (SSSR count). The number of aromatic carboxylic acids is 1. The van der Waals surface area contributed by atoms with Gasteiger partial charge < -0.3 is 10.2 Å². The Balaban J connectivity index is 2.51. The zero-order valence-electron chi connectivity index (χ0n) is 9.64. The molecule has 0 atom stereocenters. The number of aromatic hydroxyl groups is 1. The Morgan fingerprint density at radius 3 is 2.44 bits per heavy atom. The number of carboxylic acid groups (broad SMARTS) is 1. The molecule has 0 fully saturated rings. The Morgan fingerprint density at radius 1 is 1.17 bits per heavy atom. The molecule has 3 nitrogen and oxygen atoms in total. The molecule has 0 aliphatic rings. The Hall–Kier alpha value is -2.00. The highest BCUT2D eigenvalue weighted by molar-refractivity contribution is 6.31. The minimum absolute atomic E-state index is 0.0504. The molecule has 2 aromatic rings. The van der Waals surface area contributed by atoms with Crippen molar-refractivity contribution in [2.75, 3.05) is 0 Å². The fourth-order valence-electron chi connectivity index (χ4n) is 1.67. The number of hydrogen-bond acceptors (Lipinski definition) is 2. The Bertz CT molecular complexity index is 620. The molecule has 2 aromatic carbocycles. The van der Waals surface area contributed by atoms with Crippen LogP contribution in [0.15, 0.2) is 36.4 Å². The van der Waals surface area contributed by atoms with E-state index in [1.807, 2.05) is 19.1 Å². The van der Waals surface area contributed by atoms with Crippen molar-refractivity contribution in [1.82, 2.24) is 0 Å². The number of aryl methyl sites for hydroxylation is 1. The molecule has 2 N–H and O–H groups in total. The molecule has 0 bridgehead atoms. The fraction of sp³-hybridized carbons (Fsp3) is 0.0714. The predicted molar refractivity (Wildman–Crippen MR) is 70.2 cm³/mol. The number of rotatable bonds is 2. The first-order valence-corrected chi connectivity index (χ1v) is 5.69. The maximum Gasteiger partial charge on any atom is 0.335 e. The average molecular weight is 263 g/mol. The van der Waals surface area contributed by atoms with E-state index in [4.69, 9.17) is 16.7 Å². The van der Waals surface area contributed by atoms with Crippen LogP contribution in [0.1, 0.15) is 15.9 Å². The van der Waals surface area contributed by atoms with Crippen LogP contribution in [-0.4, -0.2) is 16.2 Å². The molecule has 0 saturated heterocycles. The number of hydrogen-bond donors (Lipinski definition) is 2. The van der Waals surface area contributed by atoms with E-state index < -0.39 is 5.97 Å². The summed E-state index contributed by atoms with van der Waals surface area (Å²) in [5.41, 5.74) is 2.30. The molecule has 0 aliphatic carbocycles. The molecule has 0 unspecified atom stereocenters. The van der Waals surface area contributed by atoms with Crippen LogP contribution in [0.25, 0.3) is 11.1 Å². The second kappa shape index (κ2) is 4.70. The number of carbonyl (C=O) groups is 1. The Labute approximate surface area is 109 Å². The van der Waals surface area contributed by atoms with E-state index >= 15 is 0 Å². The second-order valence-electron chi connectivity index (χ2n) is 4.00. The van der Waals surface area contributed by atoms with Crippen molar-refractivity contribution in [1.29, 1.82) is 0 Å². The number of phenolic OH excluding ortho intramolecular Hbond substituents is 1. The number of carboxylic acids is 1. The van der Waals surface area contributed by atoms with Gasteiger partial charge in [-0.25, -0.2) is 4.79 Å². The summed E-state index contributed by atoms with van der Waals surface area (Å²) in [5.74, 6) is -1.14. The lowest BCUT2D eigenvalue weighted by Crippen LogP contribution is -1.95. The largest absolute Gasteiger partial charge is 0.507 e. The lowest BCUT2D eigenvalue weighted by atomic mass is 10.0. The summed E-state index contributed by atoms with van der Waals surface area (Å²) in [6.45, 7) is 1.89. The lowest BCUT2D eigenvalue weighted by Gasteiger charge is -2.07. The zero-order chi connectivity index (χ0) is 13.3. The van der Waals surface area contributed by atoms with Gasteiger partial charge in [-0.05, 0) is 42.3 Å². The number of phenols is 1. The highest BCUT2D eigenvalue weighted by atomic mass is 35.5. The number of halogens is 1. The van der Waals surface area contributed by atoms with Crippen molar-refractivity contribution in [3.05, 3.63) is 52.5 Å². The van der Waals surface area contributed by atoms with E-state index in [2.05, 4.69) is 0 Å². The molecule has 92 valence electrons. The highest BCUT2D eigenvalue weighted by Gasteiger charge is 2.10. The van der Waals surface area contributed by atoms with Crippen molar-refractivity contribution < 1.29 is 15.0 Å². The molecule has 0 saturated carbocycles. The smallest absolute Gasteiger partial charge is 0.335 e. The van der Waals surface area contributed by atoms with Crippen LogP contribution >= 0.6 is 11.6 Å². The van der Waals surface area contributed by atoms with Gasteiger partial charge in [0.2, 0.25) is 0 Å². The van der Waals surface area contributed by atoms with Crippen molar-refractivity contribution in [2.24, 2.45) is 0 Å². The van der Waals surface area contributed by atoms with Crippen molar-refractivity contribution >= 4 is 17.6 Å². The van der Waals surface area contributed by atoms with E-state index in [-0.39, 0.29) is 11.3 Å². The molecule has 18 heavy (non-hydrogen) atoms. The van der Waals surface area contributed by atoms with Crippen molar-refractivity contribution in [2.45, 2.75) is 6.92 Å². The van der Waals surface area contributed by atoms with Crippen LogP contribution in [0.5, 0.6) is 5.75 Å². The highest BCUT2D eigenvalue weighted by Crippen LogP contribution is 2.32. The maximum atomic E-state index is 10.8. The van der Waals surface area contributed by atoms with Gasteiger partial charge in [0.05, 0.1) is 5.56 Å². The normalized spacial score (nSPS) is 10.3. The summed E-state index contributed by atoms with van der Waals surface area (Å²) < 4.78 is 0. The summed E-state index contributed by atoms with van der Waals surface area (Å²) >= 11 is 6.02. The van der Waals surface area contributed by atoms with Gasteiger partial charge in [0, 0.05) is 10.6 Å². The average Bonchev–Trinajstić information content (AvgIpc) is 2.32. The van der Waals surface area contributed by atoms with Crippen LogP contribution in [0.4, 0.5) is 0 Å². The van der Waals surface area contributed by atoms with Crippen LogP contribution in [-0.2, 0) is 0 Å². The molecule has 0 aromatic heterocycles. The first-order valence-electron chi connectivity index (χ1n) is 5.32. The van der Waals surface area contributed by atoms with Gasteiger partial charge in [-0.1, -0.05) is 23.7 Å². The van der Waals surface area contributed by atoms with Crippen LogP contribution in [0.3, 0.4) is 0 Å². The third-order valence-electron chi connectivity index (χ3n) is 2.73. The van der Waals surface area contributed by atoms with Crippen LogP contribution in [0.2, 0.25) is 5.02 Å². The van der Waals surface area contributed by atoms with Gasteiger partial charge in [0.25, 0.3) is 0 Å². The molecule has 0 spiro atoms. The summed E-state index contributed by atoms with van der Waals surface area (Å²) in [6.07, 6.45) is 0. The molecular formula is C14H11ClO3. The lowest BCUT2D eigenvalue weighted by molar-refractivity contribution is 0.0696. The second-order valence-corrected chi connectivity index (χ2v) is 4.41. The summed E-state index contributed by atoms with van der Waals surface area (Å²) in [4.78, 5) is 10.8. The van der Waals surface area contributed by atoms with E-state index in [9.17, 15) is 9.90 Å². The van der Waals surface area contributed by atoms with Crippen LogP contribution in [0, 0.1) is 6.92 Å². The van der Waals surface area contributed by atoms with Gasteiger partial charge in [0.1, 0.15) is 5.75 Å². The fourth-order valence-corrected chi connectivity index (χ4v) is 1.85. The quantitative estimate of drug-likeness (QED) is 0.867. The molecule has 0 amide bonds. The third-order valence-corrected chi connectivity index (χ3v) is 3.13. The zero-order valence-corrected chi connectivity index (χ0v) is 10.4. The van der Waals surface area contributed by atoms with Crippen molar-refractivity contribution in [3.63, 3.8) is 0 Å². The summed E-state index contributed by atoms with van der Waals surface area (Å²) in [6, 6.07) is 9.67. The first kappa shape index (κ1) is 12.5. The minimum atomic E-state index is -1.07. The monoisotopic (exact) mass is 262 g/mol. The van der Waals surface area contributed by atoms with Gasteiger partial charge >= 0.3 is 5.97 Å². The molecule has 0 radical (unpaired) electrons. The number of benzene rings is 2. The maximum absolute atomic E-state index is 10.8. The molecule has 0 aliphatic heterocycles. The van der Waals surface area contributed by atoms with Crippen molar-refractivity contribution in [3.8, 4) is 16.9 Å². The van der Waals surface area contributed by atoms with Crippen LogP contribution < -0.4 is 0 Å². The van der Waals surface area contributed by atoms with E-state index in [0.717, 1.165) is 11.1 Å². The predicted octanol–water partition coefficient (Wildman–Crippen LogP) is 3.72. The molecule has 4 heteroatoms. The van der Waals surface area contributed by atoms with E-state index in [1.165, 1.54) is 12.1 Å². The topological polar surface area (TPSA) is 57.5 Å². The third kappa shape index (κ3) is 2.31.